The third-order valence-corrected chi connectivity index (χ3v) is 5.40. The predicted molar refractivity (Wildman–Crippen MR) is 97.7 cm³/mol. The SMILES string of the molecule is O=c1[nH]cnc2c1ccn2[C@@H]1O[C@H](C(O)c2ccc(Cl)c(Cl)c2)[C@@H](O)[C@H]1O. The van der Waals surface area contributed by atoms with Gasteiger partial charge in [-0.3, -0.25) is 4.79 Å². The van der Waals surface area contributed by atoms with E-state index in [1.807, 2.05) is 0 Å². The topological polar surface area (TPSA) is 121 Å². The van der Waals surface area contributed by atoms with Gasteiger partial charge in [-0.1, -0.05) is 29.3 Å². The lowest BCUT2D eigenvalue weighted by Gasteiger charge is -2.21. The fourth-order valence-electron chi connectivity index (χ4n) is 3.25. The second-order valence-corrected chi connectivity index (χ2v) is 7.10. The van der Waals surface area contributed by atoms with Crippen molar-refractivity contribution in [2.24, 2.45) is 0 Å². The van der Waals surface area contributed by atoms with Crippen molar-refractivity contribution in [2.75, 3.05) is 0 Å². The Hall–Kier alpha value is -1.94. The first-order valence-corrected chi connectivity index (χ1v) is 8.83. The highest BCUT2D eigenvalue weighted by Gasteiger charge is 2.47. The lowest BCUT2D eigenvalue weighted by molar-refractivity contribution is -0.0848. The number of aromatic amines is 1. The number of aromatic nitrogens is 3. The summed E-state index contributed by atoms with van der Waals surface area (Å²) in [5.74, 6) is 0. The first-order chi connectivity index (χ1) is 12.9. The van der Waals surface area contributed by atoms with Crippen LogP contribution in [0.5, 0.6) is 0 Å². The van der Waals surface area contributed by atoms with Crippen LogP contribution in [0, 0.1) is 0 Å². The van der Waals surface area contributed by atoms with E-state index in [4.69, 9.17) is 27.9 Å². The van der Waals surface area contributed by atoms with Crippen molar-refractivity contribution in [2.45, 2.75) is 30.6 Å². The molecule has 1 unspecified atom stereocenters. The number of nitrogens with zero attached hydrogens (tertiary/aromatic N) is 2. The molecular formula is C17H15Cl2N3O5. The summed E-state index contributed by atoms with van der Waals surface area (Å²) in [4.78, 5) is 18.4. The summed E-state index contributed by atoms with van der Waals surface area (Å²) in [6.45, 7) is 0. The molecule has 2 aromatic heterocycles. The number of hydrogen-bond donors (Lipinski definition) is 4. The molecule has 5 atom stereocenters. The van der Waals surface area contributed by atoms with Gasteiger partial charge in [-0.2, -0.15) is 0 Å². The van der Waals surface area contributed by atoms with Crippen LogP contribution >= 0.6 is 23.2 Å². The molecule has 8 nitrogen and oxygen atoms in total. The zero-order valence-corrected chi connectivity index (χ0v) is 15.2. The van der Waals surface area contributed by atoms with Crippen LogP contribution in [0.15, 0.2) is 41.6 Å². The first kappa shape index (κ1) is 18.4. The molecule has 1 aromatic carbocycles. The van der Waals surface area contributed by atoms with Crippen molar-refractivity contribution in [3.05, 3.63) is 62.8 Å². The number of H-pyrrole nitrogens is 1. The van der Waals surface area contributed by atoms with Crippen LogP contribution in [0.4, 0.5) is 0 Å². The molecule has 10 heteroatoms. The lowest BCUT2D eigenvalue weighted by atomic mass is 9.99. The monoisotopic (exact) mass is 411 g/mol. The van der Waals surface area contributed by atoms with Crippen LogP contribution in [0.2, 0.25) is 10.0 Å². The van der Waals surface area contributed by atoms with Gasteiger partial charge in [0.15, 0.2) is 6.23 Å². The number of aliphatic hydroxyl groups is 3. The van der Waals surface area contributed by atoms with Gasteiger partial charge in [0.1, 0.15) is 30.1 Å². The fraction of sp³-hybridized carbons (Fsp3) is 0.294. The molecule has 0 bridgehead atoms. The zero-order valence-electron chi connectivity index (χ0n) is 13.7. The first-order valence-electron chi connectivity index (χ1n) is 8.07. The van der Waals surface area contributed by atoms with Crippen LogP contribution in [0.1, 0.15) is 17.9 Å². The van der Waals surface area contributed by atoms with Gasteiger partial charge < -0.3 is 29.6 Å². The van der Waals surface area contributed by atoms with Crippen LogP contribution < -0.4 is 5.56 Å². The molecule has 4 rings (SSSR count). The minimum Gasteiger partial charge on any atom is -0.387 e. The number of halogens is 2. The van der Waals surface area contributed by atoms with E-state index in [0.29, 0.717) is 21.6 Å². The minimum atomic E-state index is -1.38. The number of aliphatic hydroxyl groups excluding tert-OH is 3. The summed E-state index contributed by atoms with van der Waals surface area (Å²) < 4.78 is 7.19. The molecular weight excluding hydrogens is 397 g/mol. The van der Waals surface area contributed by atoms with E-state index in [1.54, 1.807) is 6.07 Å². The lowest BCUT2D eigenvalue weighted by Crippen LogP contribution is -2.34. The third-order valence-electron chi connectivity index (χ3n) is 4.66. The molecule has 1 aliphatic heterocycles. The third kappa shape index (κ3) is 3.04. The van der Waals surface area contributed by atoms with E-state index in [9.17, 15) is 20.1 Å². The number of nitrogens with one attached hydrogen (secondary N) is 1. The highest BCUT2D eigenvalue weighted by Crippen LogP contribution is 2.38. The van der Waals surface area contributed by atoms with E-state index in [0.717, 1.165) is 0 Å². The molecule has 0 spiro atoms. The average Bonchev–Trinajstić information content (AvgIpc) is 3.20. The van der Waals surface area contributed by atoms with E-state index >= 15 is 0 Å². The second-order valence-electron chi connectivity index (χ2n) is 6.28. The molecule has 1 fully saturated rings. The summed E-state index contributed by atoms with van der Waals surface area (Å²) in [7, 11) is 0. The Labute approximate surface area is 162 Å². The van der Waals surface area contributed by atoms with Crippen molar-refractivity contribution in [1.29, 1.82) is 0 Å². The van der Waals surface area contributed by atoms with Crippen LogP contribution in [-0.2, 0) is 4.74 Å². The number of benzene rings is 1. The second kappa shape index (κ2) is 6.90. The molecule has 1 aliphatic rings. The molecule has 0 aliphatic carbocycles. The largest absolute Gasteiger partial charge is 0.387 e. The van der Waals surface area contributed by atoms with Crippen molar-refractivity contribution >= 4 is 34.2 Å². The predicted octanol–water partition coefficient (Wildman–Crippen LogP) is 1.38. The van der Waals surface area contributed by atoms with Gasteiger partial charge in [0, 0.05) is 6.20 Å². The van der Waals surface area contributed by atoms with Crippen molar-refractivity contribution in [1.82, 2.24) is 14.5 Å². The summed E-state index contributed by atoms with van der Waals surface area (Å²) in [5.41, 5.74) is 0.340. The van der Waals surface area contributed by atoms with E-state index in [2.05, 4.69) is 9.97 Å². The molecule has 3 heterocycles. The molecule has 0 radical (unpaired) electrons. The Balaban J connectivity index is 1.66. The van der Waals surface area contributed by atoms with E-state index < -0.39 is 30.6 Å². The number of fused-ring (bicyclic) bond motifs is 1. The maximum absolute atomic E-state index is 11.8. The van der Waals surface area contributed by atoms with Gasteiger partial charge in [0.05, 0.1) is 21.8 Å². The molecule has 0 saturated carbocycles. The van der Waals surface area contributed by atoms with Crippen molar-refractivity contribution < 1.29 is 20.1 Å². The van der Waals surface area contributed by atoms with Crippen LogP contribution in [0.3, 0.4) is 0 Å². The number of hydrogen-bond acceptors (Lipinski definition) is 6. The quantitative estimate of drug-likeness (QED) is 0.516. The van der Waals surface area contributed by atoms with Gasteiger partial charge >= 0.3 is 0 Å². The fourth-order valence-corrected chi connectivity index (χ4v) is 3.56. The Kier molecular flexibility index (Phi) is 4.71. The van der Waals surface area contributed by atoms with Crippen molar-refractivity contribution in [3.63, 3.8) is 0 Å². The molecule has 4 N–H and O–H groups in total. The zero-order chi connectivity index (χ0) is 19.3. The summed E-state index contributed by atoms with van der Waals surface area (Å²) >= 11 is 11.9. The molecule has 0 amide bonds. The highest BCUT2D eigenvalue weighted by atomic mass is 35.5. The van der Waals surface area contributed by atoms with Gasteiger partial charge in [-0.15, -0.1) is 0 Å². The highest BCUT2D eigenvalue weighted by molar-refractivity contribution is 6.42. The Morgan fingerprint density at radius 1 is 1.19 bits per heavy atom. The summed E-state index contributed by atoms with van der Waals surface area (Å²) in [6.07, 6.45) is -3.37. The van der Waals surface area contributed by atoms with Crippen LogP contribution in [-0.4, -0.2) is 48.2 Å². The Morgan fingerprint density at radius 3 is 2.70 bits per heavy atom. The summed E-state index contributed by atoms with van der Waals surface area (Å²) in [6, 6.07) is 6.08. The molecule has 1 saturated heterocycles. The van der Waals surface area contributed by atoms with Gasteiger partial charge in [-0.05, 0) is 23.8 Å². The van der Waals surface area contributed by atoms with E-state index in [-0.39, 0.29) is 10.6 Å². The van der Waals surface area contributed by atoms with Crippen molar-refractivity contribution in [3.8, 4) is 0 Å². The smallest absolute Gasteiger partial charge is 0.260 e. The van der Waals surface area contributed by atoms with Crippen LogP contribution in [0.25, 0.3) is 11.0 Å². The molecule has 27 heavy (non-hydrogen) atoms. The number of ether oxygens (including phenoxy) is 1. The van der Waals surface area contributed by atoms with Gasteiger partial charge in [-0.25, -0.2) is 4.98 Å². The maximum Gasteiger partial charge on any atom is 0.260 e. The number of rotatable bonds is 3. The van der Waals surface area contributed by atoms with Gasteiger partial charge in [0.2, 0.25) is 0 Å². The summed E-state index contributed by atoms with van der Waals surface area (Å²) in [5, 5.41) is 32.4. The molecule has 3 aromatic rings. The minimum absolute atomic E-state index is 0.248. The molecule has 142 valence electrons. The Morgan fingerprint density at radius 2 is 1.96 bits per heavy atom. The normalized spacial score (nSPS) is 26.6. The Bertz CT molecular complexity index is 1050. The standard InChI is InChI=1S/C17H15Cl2N3O5/c18-9-2-1-7(5-10(9)19)11(23)14-12(24)13(25)17(27-14)22-4-3-8-15(22)20-6-21-16(8)26/h1-6,11-14,17,23-25H,(H,20,21,26)/t11?,12-,13+,14+,17+/m0/s1. The van der Waals surface area contributed by atoms with E-state index in [1.165, 1.54) is 35.3 Å². The maximum atomic E-state index is 11.8. The van der Waals surface area contributed by atoms with Gasteiger partial charge in [0.25, 0.3) is 5.56 Å². The average molecular weight is 412 g/mol.